The molecule has 0 atom stereocenters. The Morgan fingerprint density at radius 3 is 2.48 bits per heavy atom. The van der Waals surface area contributed by atoms with Crippen LogP contribution in [0, 0.1) is 6.92 Å². The van der Waals surface area contributed by atoms with Crippen molar-refractivity contribution in [2.45, 2.75) is 26.3 Å². The summed E-state index contributed by atoms with van der Waals surface area (Å²) in [6.07, 6.45) is 1.58. The zero-order valence-corrected chi connectivity index (χ0v) is 24.3. The second-order valence-electron chi connectivity index (χ2n) is 9.67. The summed E-state index contributed by atoms with van der Waals surface area (Å²) in [5, 5.41) is 0. The number of imidazole rings is 1. The summed E-state index contributed by atoms with van der Waals surface area (Å²) in [6, 6.07) is 16.5. The first-order valence-corrected chi connectivity index (χ1v) is 12.1. The molecule has 9 nitrogen and oxygen atoms in total. The molecule has 1 aliphatic heterocycles. The van der Waals surface area contributed by atoms with Gasteiger partial charge in [0.1, 0.15) is 18.1 Å². The fourth-order valence-corrected chi connectivity index (χ4v) is 4.65. The molecule has 0 bridgehead atoms. The molecule has 1 aromatic heterocycles. The van der Waals surface area contributed by atoms with Crippen LogP contribution in [-0.2, 0) is 9.53 Å². The van der Waals surface area contributed by atoms with Gasteiger partial charge in [0, 0.05) is 18.2 Å². The van der Waals surface area contributed by atoms with Gasteiger partial charge in [0.25, 0.3) is 5.91 Å². The van der Waals surface area contributed by atoms with E-state index in [9.17, 15) is 9.59 Å². The molecule has 208 valence electrons. The topological polar surface area (TPSA) is 109 Å². The van der Waals surface area contributed by atoms with Crippen molar-refractivity contribution in [2.75, 3.05) is 25.7 Å². The van der Waals surface area contributed by atoms with Gasteiger partial charge in [-0.25, -0.2) is 14.8 Å². The van der Waals surface area contributed by atoms with E-state index in [0.29, 0.717) is 29.3 Å². The average molecular weight is 582 g/mol. The van der Waals surface area contributed by atoms with E-state index in [2.05, 4.69) is 20.0 Å². The lowest BCUT2D eigenvalue weighted by Gasteiger charge is -2.22. The third-order valence-corrected chi connectivity index (χ3v) is 6.41. The highest BCUT2D eigenvalue weighted by atomic mass is 35.5. The summed E-state index contributed by atoms with van der Waals surface area (Å²) in [4.78, 5) is 43.2. The van der Waals surface area contributed by atoms with Crippen molar-refractivity contribution in [2.24, 2.45) is 9.98 Å². The maximum Gasteiger partial charge on any atom is 0.260 e. The highest BCUT2D eigenvalue weighted by Crippen LogP contribution is 2.43. The van der Waals surface area contributed by atoms with Crippen LogP contribution in [0.5, 0.6) is 5.75 Å². The number of rotatable bonds is 6. The molecule has 0 aliphatic carbocycles. The number of carbonyl (C=O) groups excluding carboxylic acids is 2. The lowest BCUT2D eigenvalue weighted by Crippen LogP contribution is -2.28. The number of H-pyrrole nitrogens is 1. The Kier molecular flexibility index (Phi) is 9.05. The fraction of sp³-hybridized carbons (Fsp3) is 0.241. The smallest absolute Gasteiger partial charge is 0.260 e. The Bertz CT molecular complexity index is 1660. The molecule has 0 fully saturated rings. The first-order chi connectivity index (χ1) is 18.2. The maximum absolute atomic E-state index is 13.8. The van der Waals surface area contributed by atoms with Crippen LogP contribution in [0.25, 0.3) is 22.2 Å². The number of hydrogen-bond acceptors (Lipinski definition) is 7. The van der Waals surface area contributed by atoms with E-state index in [0.717, 1.165) is 22.4 Å². The minimum atomic E-state index is -0.386. The molecule has 5 rings (SSSR count). The highest BCUT2D eigenvalue weighted by Gasteiger charge is 2.30. The predicted octanol–water partition coefficient (Wildman–Crippen LogP) is 6.19. The van der Waals surface area contributed by atoms with Crippen molar-refractivity contribution in [1.29, 1.82) is 0 Å². The zero-order chi connectivity index (χ0) is 27.0. The summed E-state index contributed by atoms with van der Waals surface area (Å²) in [5.41, 5.74) is 4.26. The van der Waals surface area contributed by atoms with E-state index in [1.165, 1.54) is 12.0 Å². The van der Waals surface area contributed by atoms with Gasteiger partial charge in [0.05, 0.1) is 40.5 Å². The Hall–Kier alpha value is -4.17. The molecule has 0 unspecified atom stereocenters. The molecule has 2 heterocycles. The Morgan fingerprint density at radius 2 is 1.80 bits per heavy atom. The molecule has 11 heteroatoms. The number of aryl methyl sites for hydroxylation is 1. The zero-order valence-electron chi connectivity index (χ0n) is 22.6. The number of nitrogens with one attached hydrogen (secondary N) is 1. The maximum atomic E-state index is 13.8. The van der Waals surface area contributed by atoms with E-state index >= 15 is 0 Å². The number of carbonyl (C=O) groups is 1. The van der Waals surface area contributed by atoms with Gasteiger partial charge in [0.15, 0.2) is 5.75 Å². The van der Waals surface area contributed by atoms with Gasteiger partial charge in [0.2, 0.25) is 12.0 Å². The number of aromatic nitrogens is 2. The molecule has 3 aromatic carbocycles. The minimum absolute atomic E-state index is 0. The van der Waals surface area contributed by atoms with Crippen LogP contribution in [-0.4, -0.2) is 54.2 Å². The van der Waals surface area contributed by atoms with Crippen LogP contribution in [0.2, 0.25) is 0 Å². The normalized spacial score (nSPS) is 13.3. The average Bonchev–Trinajstić information content (AvgIpc) is 3.48. The number of hydrogen-bond donors (Lipinski definition) is 1. The number of halogens is 2. The molecule has 40 heavy (non-hydrogen) atoms. The standard InChI is InChI=1S/C29H27N5O4.2ClH/c1-17-31-22-11-8-10-18(24(22)32-17)19-13-14-21(25(30-16-35)26(19)37-5)28(36)34(4)23-12-7-6-9-20(23)27-33-29(2,3)15-38-27;;/h6-14H,15H2,1-5H3,(H,31,32);2*1H. The Balaban J connectivity index is 0.00000220. The number of nitrogens with zero attached hydrogens (tertiary/aromatic N) is 4. The number of aliphatic imine (C=N–C) groups is 2. The summed E-state index contributed by atoms with van der Waals surface area (Å²) < 4.78 is 11.6. The van der Waals surface area contributed by atoms with Crippen LogP contribution in [0.15, 0.2) is 64.6 Å². The van der Waals surface area contributed by atoms with Gasteiger partial charge < -0.3 is 19.4 Å². The molecule has 1 amide bonds. The van der Waals surface area contributed by atoms with E-state index < -0.39 is 0 Å². The van der Waals surface area contributed by atoms with Crippen molar-refractivity contribution in [1.82, 2.24) is 9.97 Å². The van der Waals surface area contributed by atoms with E-state index in [1.807, 2.05) is 63.2 Å². The summed E-state index contributed by atoms with van der Waals surface area (Å²) >= 11 is 0. The Morgan fingerprint density at radius 1 is 1.07 bits per heavy atom. The number of amides is 1. The SMILES string of the molecule is COc1c(-c2cccc3[nH]c(C)nc23)ccc(C(=O)N(C)c2ccccc2C2=NC(C)(C)CO2)c1N=C=O.Cl.Cl. The van der Waals surface area contributed by atoms with Gasteiger partial charge in [-0.15, -0.1) is 24.8 Å². The summed E-state index contributed by atoms with van der Waals surface area (Å²) in [7, 11) is 3.13. The number of methoxy groups -OCH3 is 1. The highest BCUT2D eigenvalue weighted by molar-refractivity contribution is 6.14. The number of anilines is 1. The van der Waals surface area contributed by atoms with Crippen LogP contribution in [0.4, 0.5) is 11.4 Å². The van der Waals surface area contributed by atoms with Crippen molar-refractivity contribution in [3.05, 3.63) is 71.5 Å². The molecule has 0 saturated carbocycles. The first kappa shape index (κ1) is 30.4. The molecule has 1 aliphatic rings. The molecule has 0 spiro atoms. The molecule has 0 radical (unpaired) electrons. The monoisotopic (exact) mass is 581 g/mol. The van der Waals surface area contributed by atoms with Crippen LogP contribution < -0.4 is 9.64 Å². The molecule has 0 saturated heterocycles. The lowest BCUT2D eigenvalue weighted by atomic mass is 9.98. The van der Waals surface area contributed by atoms with Gasteiger partial charge in [-0.05, 0) is 51.1 Å². The number of benzene rings is 3. The molecular formula is C29H29Cl2N5O4. The fourth-order valence-electron chi connectivity index (χ4n) is 4.65. The van der Waals surface area contributed by atoms with Gasteiger partial charge >= 0.3 is 0 Å². The number of aromatic amines is 1. The van der Waals surface area contributed by atoms with Gasteiger partial charge in [-0.3, -0.25) is 4.79 Å². The second-order valence-corrected chi connectivity index (χ2v) is 9.67. The second kappa shape index (κ2) is 11.9. The van der Waals surface area contributed by atoms with E-state index in [1.54, 1.807) is 25.3 Å². The van der Waals surface area contributed by atoms with E-state index in [-0.39, 0.29) is 53.3 Å². The van der Waals surface area contributed by atoms with Crippen molar-refractivity contribution < 1.29 is 19.1 Å². The number of para-hydroxylation sites is 2. The number of fused-ring (bicyclic) bond motifs is 1. The van der Waals surface area contributed by atoms with Gasteiger partial charge in [-0.2, -0.15) is 4.99 Å². The quantitative estimate of drug-likeness (QED) is 0.215. The number of ether oxygens (including phenoxy) is 2. The van der Waals surface area contributed by atoms with Gasteiger partial charge in [-0.1, -0.05) is 24.3 Å². The summed E-state index contributed by atoms with van der Waals surface area (Å²) in [5.74, 6) is 1.14. The third-order valence-electron chi connectivity index (χ3n) is 6.41. The van der Waals surface area contributed by atoms with Crippen LogP contribution in [0.1, 0.15) is 35.6 Å². The molecule has 4 aromatic rings. The minimum Gasteiger partial charge on any atom is -0.494 e. The summed E-state index contributed by atoms with van der Waals surface area (Å²) in [6.45, 7) is 6.30. The number of isocyanates is 1. The van der Waals surface area contributed by atoms with E-state index in [4.69, 9.17) is 9.47 Å². The largest absolute Gasteiger partial charge is 0.494 e. The van der Waals surface area contributed by atoms with Crippen molar-refractivity contribution in [3.8, 4) is 16.9 Å². The molecular weight excluding hydrogens is 553 g/mol. The lowest BCUT2D eigenvalue weighted by molar-refractivity contribution is 0.0993. The first-order valence-electron chi connectivity index (χ1n) is 12.1. The molecule has 1 N–H and O–H groups in total. The van der Waals surface area contributed by atoms with Crippen LogP contribution >= 0.6 is 24.8 Å². The van der Waals surface area contributed by atoms with Crippen LogP contribution in [0.3, 0.4) is 0 Å². The van der Waals surface area contributed by atoms with Crippen molar-refractivity contribution in [3.63, 3.8) is 0 Å². The van der Waals surface area contributed by atoms with Crippen molar-refractivity contribution >= 4 is 65.1 Å². The third kappa shape index (κ3) is 5.45. The predicted molar refractivity (Wildman–Crippen MR) is 161 cm³/mol. The Labute approximate surface area is 244 Å².